The van der Waals surface area contributed by atoms with Crippen LogP contribution in [0.25, 0.3) is 0 Å². The maximum Gasteiger partial charge on any atom is 0.0625 e. The highest BCUT2D eigenvalue weighted by molar-refractivity contribution is 7.98. The zero-order valence-corrected chi connectivity index (χ0v) is 11.7. The number of hydrogen-bond acceptors (Lipinski definition) is 4. The van der Waals surface area contributed by atoms with E-state index in [-0.39, 0.29) is 6.61 Å². The van der Waals surface area contributed by atoms with Gasteiger partial charge >= 0.3 is 0 Å². The Morgan fingerprint density at radius 2 is 2.44 bits per heavy atom. The Kier molecular flexibility index (Phi) is 4.88. The fraction of sp³-hybridized carbons (Fsp3) is 0.308. The Hall–Kier alpha value is -1.22. The second-order valence-corrected chi connectivity index (χ2v) is 5.76. The van der Waals surface area contributed by atoms with Gasteiger partial charge in [-0.2, -0.15) is 5.10 Å². The topological polar surface area (TPSA) is 38.0 Å². The summed E-state index contributed by atoms with van der Waals surface area (Å²) in [6.07, 6.45) is 4.43. The van der Waals surface area contributed by atoms with Crippen molar-refractivity contribution in [3.63, 3.8) is 0 Å². The summed E-state index contributed by atoms with van der Waals surface area (Å²) in [6, 6.07) is 2.11. The molecular weight excluding hydrogens is 264 g/mol. The zero-order chi connectivity index (χ0) is 12.8. The van der Waals surface area contributed by atoms with E-state index >= 15 is 0 Å². The summed E-state index contributed by atoms with van der Waals surface area (Å²) < 4.78 is 1.81. The van der Waals surface area contributed by atoms with Crippen molar-refractivity contribution in [2.24, 2.45) is 7.05 Å². The molecule has 0 aliphatic heterocycles. The summed E-state index contributed by atoms with van der Waals surface area (Å²) in [5, 5.41) is 14.8. The van der Waals surface area contributed by atoms with Crippen molar-refractivity contribution in [3.05, 3.63) is 34.3 Å². The number of nitrogens with zero attached hydrogens (tertiary/aromatic N) is 2. The van der Waals surface area contributed by atoms with Gasteiger partial charge in [0, 0.05) is 46.1 Å². The van der Waals surface area contributed by atoms with Crippen LogP contribution in [-0.2, 0) is 12.8 Å². The number of thiophene rings is 1. The van der Waals surface area contributed by atoms with Gasteiger partial charge in [0.1, 0.15) is 0 Å². The highest BCUT2D eigenvalue weighted by Gasteiger charge is 2.01. The molecule has 0 unspecified atom stereocenters. The van der Waals surface area contributed by atoms with Gasteiger partial charge in [-0.05, 0) is 6.07 Å². The summed E-state index contributed by atoms with van der Waals surface area (Å²) in [5.41, 5.74) is 1.04. The second kappa shape index (κ2) is 6.64. The van der Waals surface area contributed by atoms with Crippen LogP contribution in [0.2, 0.25) is 0 Å². The monoisotopic (exact) mass is 278 g/mol. The molecule has 2 aromatic heterocycles. The lowest BCUT2D eigenvalue weighted by Crippen LogP contribution is -1.83. The molecule has 2 aromatic rings. The molecule has 0 fully saturated rings. The third kappa shape index (κ3) is 3.91. The molecule has 2 heterocycles. The van der Waals surface area contributed by atoms with Gasteiger partial charge < -0.3 is 5.11 Å². The first-order valence-electron chi connectivity index (χ1n) is 5.56. The fourth-order valence-electron chi connectivity index (χ4n) is 1.37. The van der Waals surface area contributed by atoms with Crippen LogP contribution in [0, 0.1) is 11.8 Å². The molecule has 0 aliphatic rings. The van der Waals surface area contributed by atoms with Gasteiger partial charge in [-0.3, -0.25) is 4.68 Å². The largest absolute Gasteiger partial charge is 0.395 e. The first-order chi connectivity index (χ1) is 8.78. The Morgan fingerprint density at radius 1 is 1.56 bits per heavy atom. The molecule has 0 saturated carbocycles. The Labute approximate surface area is 115 Å². The quantitative estimate of drug-likeness (QED) is 0.690. The van der Waals surface area contributed by atoms with E-state index in [1.807, 2.05) is 24.1 Å². The van der Waals surface area contributed by atoms with Crippen LogP contribution >= 0.6 is 23.1 Å². The molecule has 18 heavy (non-hydrogen) atoms. The van der Waals surface area contributed by atoms with E-state index in [4.69, 9.17) is 5.11 Å². The van der Waals surface area contributed by atoms with Crippen LogP contribution in [0.1, 0.15) is 16.9 Å². The number of aryl methyl sites for hydroxylation is 1. The summed E-state index contributed by atoms with van der Waals surface area (Å²) in [5.74, 6) is 6.91. The molecule has 0 aromatic carbocycles. The second-order valence-electron chi connectivity index (χ2n) is 3.72. The number of aliphatic hydroxyl groups is 1. The van der Waals surface area contributed by atoms with Crippen LogP contribution in [0.15, 0.2) is 28.7 Å². The summed E-state index contributed by atoms with van der Waals surface area (Å²) in [4.78, 5) is 2.48. The lowest BCUT2D eigenvalue weighted by molar-refractivity contribution is 0.305. The molecule has 0 bridgehead atoms. The number of aromatic nitrogens is 2. The number of aliphatic hydroxyl groups excluding tert-OH is 1. The molecule has 0 radical (unpaired) electrons. The van der Waals surface area contributed by atoms with Crippen molar-refractivity contribution in [2.75, 3.05) is 6.61 Å². The van der Waals surface area contributed by atoms with E-state index in [0.717, 1.165) is 11.3 Å². The molecule has 0 aliphatic carbocycles. The van der Waals surface area contributed by atoms with E-state index in [9.17, 15) is 0 Å². The highest BCUT2D eigenvalue weighted by Crippen LogP contribution is 2.25. The van der Waals surface area contributed by atoms with Crippen LogP contribution in [0.4, 0.5) is 0 Å². The number of thioether (sulfide) groups is 1. The van der Waals surface area contributed by atoms with Gasteiger partial charge in [0.15, 0.2) is 0 Å². The minimum absolute atomic E-state index is 0.126. The number of rotatable bonds is 4. The number of hydrogen-bond donors (Lipinski definition) is 1. The predicted molar refractivity (Wildman–Crippen MR) is 75.7 cm³/mol. The van der Waals surface area contributed by atoms with Crippen LogP contribution in [0.3, 0.4) is 0 Å². The van der Waals surface area contributed by atoms with E-state index in [0.29, 0.717) is 6.42 Å². The molecule has 3 nitrogen and oxygen atoms in total. The van der Waals surface area contributed by atoms with Gasteiger partial charge in [-0.25, -0.2) is 0 Å². The van der Waals surface area contributed by atoms with Gasteiger partial charge in [0.2, 0.25) is 0 Å². The average Bonchev–Trinajstić information content (AvgIpc) is 2.96. The third-order valence-corrected chi connectivity index (χ3v) is 4.30. The summed E-state index contributed by atoms with van der Waals surface area (Å²) in [7, 11) is 1.92. The summed E-state index contributed by atoms with van der Waals surface area (Å²) in [6.45, 7) is 0.126. The summed E-state index contributed by atoms with van der Waals surface area (Å²) >= 11 is 3.50. The van der Waals surface area contributed by atoms with Crippen molar-refractivity contribution < 1.29 is 5.11 Å². The van der Waals surface area contributed by atoms with Crippen molar-refractivity contribution in [1.82, 2.24) is 9.78 Å². The Bertz CT molecular complexity index is 563. The fourth-order valence-corrected chi connectivity index (χ4v) is 3.16. The van der Waals surface area contributed by atoms with Crippen LogP contribution in [-0.4, -0.2) is 21.5 Å². The molecule has 0 amide bonds. The molecule has 0 saturated heterocycles. The molecular formula is C13H14N2OS2. The molecule has 0 atom stereocenters. The van der Waals surface area contributed by atoms with E-state index in [1.54, 1.807) is 23.1 Å². The van der Waals surface area contributed by atoms with Crippen molar-refractivity contribution in [2.45, 2.75) is 17.1 Å². The minimum atomic E-state index is 0.126. The first-order valence-corrected chi connectivity index (χ1v) is 7.43. The molecule has 0 spiro atoms. The lowest BCUT2D eigenvalue weighted by atomic mass is 10.3. The average molecular weight is 278 g/mol. The Morgan fingerprint density at radius 3 is 3.17 bits per heavy atom. The molecule has 1 N–H and O–H groups in total. The SMILES string of the molecule is Cn1cc(SCc2cc(C#CCCO)cs2)cn1. The lowest BCUT2D eigenvalue weighted by Gasteiger charge is -1.93. The van der Waals surface area contributed by atoms with Crippen LogP contribution < -0.4 is 0 Å². The predicted octanol–water partition coefficient (Wildman–Crippen LogP) is 2.51. The maximum absolute atomic E-state index is 8.65. The first kappa shape index (κ1) is 13.2. The minimum Gasteiger partial charge on any atom is -0.395 e. The van der Waals surface area contributed by atoms with Crippen molar-refractivity contribution in [3.8, 4) is 11.8 Å². The Balaban J connectivity index is 1.89. The van der Waals surface area contributed by atoms with Gasteiger partial charge in [0.25, 0.3) is 0 Å². The van der Waals surface area contributed by atoms with Crippen molar-refractivity contribution >= 4 is 23.1 Å². The molecule has 2 rings (SSSR count). The zero-order valence-electron chi connectivity index (χ0n) is 10.1. The molecule has 5 heteroatoms. The van der Waals surface area contributed by atoms with Crippen molar-refractivity contribution in [1.29, 1.82) is 0 Å². The maximum atomic E-state index is 8.65. The van der Waals surface area contributed by atoms with Gasteiger partial charge in [-0.15, -0.1) is 23.1 Å². The molecule has 94 valence electrons. The standard InChI is InChI=1S/C13H14N2OS2/c1-15-8-13(7-14-15)18-10-12-6-11(9-17-12)4-2-3-5-16/h6-9,16H,3,5,10H2,1H3. The van der Waals surface area contributed by atoms with E-state index in [2.05, 4.69) is 28.4 Å². The smallest absolute Gasteiger partial charge is 0.0625 e. The van der Waals surface area contributed by atoms with E-state index < -0.39 is 0 Å². The van der Waals surface area contributed by atoms with Gasteiger partial charge in [0.05, 0.1) is 12.8 Å². The van der Waals surface area contributed by atoms with Gasteiger partial charge in [-0.1, -0.05) is 11.8 Å². The normalized spacial score (nSPS) is 10.1. The highest BCUT2D eigenvalue weighted by atomic mass is 32.2. The van der Waals surface area contributed by atoms with E-state index in [1.165, 1.54) is 9.77 Å². The third-order valence-electron chi connectivity index (χ3n) is 2.19. The van der Waals surface area contributed by atoms with Crippen LogP contribution in [0.5, 0.6) is 0 Å².